The Balaban J connectivity index is 1.78. The minimum absolute atomic E-state index is 0.445. The van der Waals surface area contributed by atoms with Gasteiger partial charge in [-0.2, -0.15) is 0 Å². The Labute approximate surface area is 103 Å². The van der Waals surface area contributed by atoms with Crippen molar-refractivity contribution in [2.45, 2.75) is 31.3 Å². The summed E-state index contributed by atoms with van der Waals surface area (Å²) in [6, 6.07) is 4.40. The zero-order chi connectivity index (χ0) is 10.8. The van der Waals surface area contributed by atoms with Crippen LogP contribution in [0.5, 0.6) is 0 Å². The van der Waals surface area contributed by atoms with Crippen molar-refractivity contribution in [1.29, 1.82) is 0 Å². The van der Waals surface area contributed by atoms with Crippen LogP contribution in [0.15, 0.2) is 17.5 Å². The predicted octanol–water partition coefficient (Wildman–Crippen LogP) is 3.97. The van der Waals surface area contributed by atoms with E-state index in [0.717, 1.165) is 0 Å². The van der Waals surface area contributed by atoms with E-state index in [1.54, 1.807) is 22.7 Å². The summed E-state index contributed by atoms with van der Waals surface area (Å²) in [6.45, 7) is 0. The molecule has 0 radical (unpaired) electrons. The average Bonchev–Trinajstić information content (AvgIpc) is 2.69. The molecule has 2 unspecified atom stereocenters. The molecule has 2 heterocycles. The molecule has 84 valence electrons. The summed E-state index contributed by atoms with van der Waals surface area (Å²) in [6.07, 6.45) is 5.08. The second-order valence-corrected chi connectivity index (χ2v) is 7.11. The fourth-order valence-electron chi connectivity index (χ4n) is 3.42. The van der Waals surface area contributed by atoms with E-state index in [1.807, 2.05) is 0 Å². The van der Waals surface area contributed by atoms with E-state index in [-0.39, 0.29) is 0 Å². The molecule has 1 nitrogen and oxygen atoms in total. The zero-order valence-corrected chi connectivity index (χ0v) is 10.6. The smallest absolute Gasteiger partial charge is 0.105 e. The molecule has 16 heavy (non-hydrogen) atoms. The predicted molar refractivity (Wildman–Crippen MR) is 69.0 cm³/mol. The van der Waals surface area contributed by atoms with Crippen LogP contribution in [0.25, 0.3) is 9.40 Å². The summed E-state index contributed by atoms with van der Waals surface area (Å²) in [5, 5.41) is 12.9. The molecule has 2 saturated carbocycles. The van der Waals surface area contributed by atoms with Crippen molar-refractivity contribution < 1.29 is 5.11 Å². The quantitative estimate of drug-likeness (QED) is 0.812. The maximum Gasteiger partial charge on any atom is 0.105 e. The van der Waals surface area contributed by atoms with Gasteiger partial charge in [0.2, 0.25) is 0 Å². The number of hydrogen-bond acceptors (Lipinski definition) is 3. The molecule has 2 aromatic heterocycles. The molecular formula is C13H14OS2. The minimum atomic E-state index is -0.445. The van der Waals surface area contributed by atoms with Gasteiger partial charge < -0.3 is 5.11 Å². The standard InChI is InChI=1S/C13H14OS2/c14-13(8-3-1-2-4-9(8)13)12-7-11-10(16-12)5-6-15-11/h5-9,14H,1-4H2. The first-order valence-electron chi connectivity index (χ1n) is 6.00. The second-order valence-electron chi connectivity index (χ2n) is 5.08. The lowest BCUT2D eigenvalue weighted by Gasteiger charge is -2.06. The first kappa shape index (κ1) is 9.63. The number of thiophene rings is 2. The van der Waals surface area contributed by atoms with Gasteiger partial charge in [-0.15, -0.1) is 22.7 Å². The Morgan fingerprint density at radius 3 is 2.62 bits per heavy atom. The highest BCUT2D eigenvalue weighted by Crippen LogP contribution is 2.65. The Bertz CT molecular complexity index is 498. The maximum atomic E-state index is 10.8. The largest absolute Gasteiger partial charge is 0.384 e. The highest BCUT2D eigenvalue weighted by molar-refractivity contribution is 7.27. The molecule has 0 spiro atoms. The van der Waals surface area contributed by atoms with Gasteiger partial charge >= 0.3 is 0 Å². The summed E-state index contributed by atoms with van der Waals surface area (Å²) in [5.74, 6) is 1.13. The molecule has 0 aromatic carbocycles. The molecule has 1 N–H and O–H groups in total. The van der Waals surface area contributed by atoms with E-state index in [1.165, 1.54) is 40.0 Å². The summed E-state index contributed by atoms with van der Waals surface area (Å²) >= 11 is 3.58. The average molecular weight is 250 g/mol. The van der Waals surface area contributed by atoms with Crippen molar-refractivity contribution in [2.75, 3.05) is 0 Å². The van der Waals surface area contributed by atoms with Crippen molar-refractivity contribution in [3.63, 3.8) is 0 Å². The summed E-state index contributed by atoms with van der Waals surface area (Å²) in [5.41, 5.74) is -0.445. The fraction of sp³-hybridized carbons (Fsp3) is 0.538. The molecule has 0 bridgehead atoms. The van der Waals surface area contributed by atoms with Gasteiger partial charge in [0.1, 0.15) is 5.60 Å². The molecule has 0 amide bonds. The lowest BCUT2D eigenvalue weighted by atomic mass is 10.0. The van der Waals surface area contributed by atoms with Crippen LogP contribution < -0.4 is 0 Å². The lowest BCUT2D eigenvalue weighted by Crippen LogP contribution is -2.07. The molecule has 2 aliphatic carbocycles. The third kappa shape index (κ3) is 1.09. The molecule has 2 aliphatic rings. The van der Waals surface area contributed by atoms with Crippen LogP contribution in [-0.4, -0.2) is 5.11 Å². The van der Waals surface area contributed by atoms with Crippen molar-refractivity contribution in [3.8, 4) is 0 Å². The van der Waals surface area contributed by atoms with Gasteiger partial charge in [-0.3, -0.25) is 0 Å². The van der Waals surface area contributed by atoms with Crippen LogP contribution in [-0.2, 0) is 5.60 Å². The van der Waals surface area contributed by atoms with Gasteiger partial charge in [0, 0.05) is 14.3 Å². The van der Waals surface area contributed by atoms with Crippen molar-refractivity contribution in [3.05, 3.63) is 22.4 Å². The van der Waals surface area contributed by atoms with E-state index in [4.69, 9.17) is 0 Å². The number of aliphatic hydroxyl groups is 1. The minimum Gasteiger partial charge on any atom is -0.384 e. The molecule has 3 heteroatoms. The molecular weight excluding hydrogens is 236 g/mol. The van der Waals surface area contributed by atoms with Crippen LogP contribution in [0.4, 0.5) is 0 Å². The fourth-order valence-corrected chi connectivity index (χ4v) is 5.75. The lowest BCUT2D eigenvalue weighted by molar-refractivity contribution is 0.122. The van der Waals surface area contributed by atoms with Crippen molar-refractivity contribution in [1.82, 2.24) is 0 Å². The summed E-state index contributed by atoms with van der Waals surface area (Å²) in [7, 11) is 0. The van der Waals surface area contributed by atoms with Crippen LogP contribution in [0.1, 0.15) is 30.6 Å². The third-order valence-corrected chi connectivity index (χ3v) is 6.56. The normalized spacial score (nSPS) is 37.6. The zero-order valence-electron chi connectivity index (χ0n) is 8.98. The third-order valence-electron chi connectivity index (χ3n) is 4.32. The molecule has 4 rings (SSSR count). The van der Waals surface area contributed by atoms with Gasteiger partial charge in [-0.1, -0.05) is 12.8 Å². The monoisotopic (exact) mass is 250 g/mol. The van der Waals surface area contributed by atoms with E-state index in [9.17, 15) is 5.11 Å². The second kappa shape index (κ2) is 3.09. The summed E-state index contributed by atoms with van der Waals surface area (Å²) in [4.78, 5) is 1.23. The summed E-state index contributed by atoms with van der Waals surface area (Å²) < 4.78 is 2.69. The van der Waals surface area contributed by atoms with Gasteiger partial charge in [0.25, 0.3) is 0 Å². The first-order valence-corrected chi connectivity index (χ1v) is 7.69. The maximum absolute atomic E-state index is 10.8. The van der Waals surface area contributed by atoms with E-state index >= 15 is 0 Å². The Kier molecular flexibility index (Phi) is 1.86. The molecule has 0 saturated heterocycles. The Morgan fingerprint density at radius 2 is 1.94 bits per heavy atom. The van der Waals surface area contributed by atoms with Crippen molar-refractivity contribution in [2.24, 2.45) is 11.8 Å². The number of fused-ring (bicyclic) bond motifs is 2. The highest BCUT2D eigenvalue weighted by Gasteiger charge is 2.65. The van der Waals surface area contributed by atoms with Crippen LogP contribution >= 0.6 is 22.7 Å². The van der Waals surface area contributed by atoms with Gasteiger partial charge in [-0.25, -0.2) is 0 Å². The topological polar surface area (TPSA) is 20.2 Å². The highest BCUT2D eigenvalue weighted by atomic mass is 32.1. The Hall–Kier alpha value is -0.380. The first-order chi connectivity index (χ1) is 7.80. The van der Waals surface area contributed by atoms with Gasteiger partial charge in [-0.05, 0) is 42.2 Å². The van der Waals surface area contributed by atoms with Crippen LogP contribution in [0.3, 0.4) is 0 Å². The number of hydrogen-bond donors (Lipinski definition) is 1. The van der Waals surface area contributed by atoms with Gasteiger partial charge in [0.15, 0.2) is 0 Å². The van der Waals surface area contributed by atoms with E-state index < -0.39 is 5.60 Å². The number of rotatable bonds is 1. The molecule has 0 aliphatic heterocycles. The van der Waals surface area contributed by atoms with E-state index in [2.05, 4.69) is 17.5 Å². The van der Waals surface area contributed by atoms with Crippen LogP contribution in [0.2, 0.25) is 0 Å². The van der Waals surface area contributed by atoms with Gasteiger partial charge in [0.05, 0.1) is 0 Å². The molecule has 2 aromatic rings. The van der Waals surface area contributed by atoms with E-state index in [0.29, 0.717) is 11.8 Å². The van der Waals surface area contributed by atoms with Crippen molar-refractivity contribution >= 4 is 32.1 Å². The molecule has 2 atom stereocenters. The molecule has 2 fully saturated rings. The SMILES string of the molecule is OC1(c2cc3sccc3s2)C2CCCCC21. The Morgan fingerprint density at radius 1 is 1.19 bits per heavy atom. The van der Waals surface area contributed by atoms with Crippen LogP contribution in [0, 0.1) is 11.8 Å².